The number of nitrogens with zero attached hydrogens (tertiary/aromatic N) is 3. The molecule has 4 N–H and O–H groups in total. The number of carbonyl (C=O) groups excluding carboxylic acids is 1. The zero-order valence-corrected chi connectivity index (χ0v) is 25.7. The Morgan fingerprint density at radius 1 is 1.12 bits per heavy atom. The number of aryl methyl sites for hydroxylation is 3. The first-order chi connectivity index (χ1) is 20.8. The maximum atomic E-state index is 13.2. The monoisotopic (exact) mass is 598 g/mol. The lowest BCUT2D eigenvalue weighted by Crippen LogP contribution is -2.37. The van der Waals surface area contributed by atoms with Crippen molar-refractivity contribution < 1.29 is 9.53 Å². The van der Waals surface area contributed by atoms with Crippen molar-refractivity contribution in [1.82, 2.24) is 9.55 Å². The minimum absolute atomic E-state index is 0.0977. The van der Waals surface area contributed by atoms with Crippen LogP contribution in [-0.2, 0) is 24.6 Å². The van der Waals surface area contributed by atoms with E-state index in [1.807, 2.05) is 49.4 Å². The number of aromatic nitrogens is 2. The van der Waals surface area contributed by atoms with E-state index < -0.39 is 0 Å². The number of carbonyl (C=O) groups is 1. The smallest absolute Gasteiger partial charge is 0.293 e. The number of amides is 1. The molecule has 1 fully saturated rings. The Labute approximate surface area is 255 Å². The highest BCUT2D eigenvalue weighted by molar-refractivity contribution is 7.14. The molecule has 0 radical (unpaired) electrons. The van der Waals surface area contributed by atoms with Gasteiger partial charge in [-0.15, -0.1) is 11.3 Å². The van der Waals surface area contributed by atoms with Crippen LogP contribution >= 0.6 is 11.3 Å². The third-order valence-corrected chi connectivity index (χ3v) is 9.79. The normalized spacial score (nSPS) is 15.3. The maximum absolute atomic E-state index is 13.2. The van der Waals surface area contributed by atoms with Gasteiger partial charge >= 0.3 is 0 Å². The van der Waals surface area contributed by atoms with Crippen LogP contribution in [0.25, 0.3) is 11.3 Å². The Morgan fingerprint density at radius 2 is 1.91 bits per heavy atom. The number of rotatable bonds is 7. The topological polar surface area (TPSA) is 115 Å². The second kappa shape index (κ2) is 12.2. The van der Waals surface area contributed by atoms with Crippen LogP contribution in [0.4, 0.5) is 28.6 Å². The summed E-state index contributed by atoms with van der Waals surface area (Å²) in [5.41, 5.74) is 12.9. The SMILES string of the molecule is COC1CCN(c2ccc(Nc3nc(-c4cccc(NC(=O)c5cc6c(s5)CCCC6)c4C)cn(C)c3=O)cc2N)CC1. The average Bonchev–Trinajstić information content (AvgIpc) is 3.45. The van der Waals surface area contributed by atoms with E-state index in [1.165, 1.54) is 27.8 Å². The van der Waals surface area contributed by atoms with Gasteiger partial charge in [0.2, 0.25) is 0 Å². The number of hydrogen-bond donors (Lipinski definition) is 3. The van der Waals surface area contributed by atoms with Crippen molar-refractivity contribution in [3.05, 3.63) is 79.9 Å². The number of nitrogen functional groups attached to an aromatic ring is 1. The third kappa shape index (κ3) is 6.03. The summed E-state index contributed by atoms with van der Waals surface area (Å²) >= 11 is 1.60. The van der Waals surface area contributed by atoms with E-state index in [0.29, 0.717) is 23.2 Å². The number of nitrogens with one attached hydrogen (secondary N) is 2. The number of ether oxygens (including phenoxy) is 1. The molecular weight excluding hydrogens is 560 g/mol. The highest BCUT2D eigenvalue weighted by Crippen LogP contribution is 2.33. The Kier molecular flexibility index (Phi) is 8.23. The number of thiophene rings is 1. The zero-order valence-electron chi connectivity index (χ0n) is 24.9. The van der Waals surface area contributed by atoms with Gasteiger partial charge in [-0.1, -0.05) is 12.1 Å². The van der Waals surface area contributed by atoms with Gasteiger partial charge in [-0.05, 0) is 86.9 Å². The van der Waals surface area contributed by atoms with E-state index in [4.69, 9.17) is 15.5 Å². The zero-order chi connectivity index (χ0) is 30.1. The molecule has 0 spiro atoms. The summed E-state index contributed by atoms with van der Waals surface area (Å²) in [5, 5.41) is 6.30. The number of piperidine rings is 1. The van der Waals surface area contributed by atoms with E-state index in [0.717, 1.165) is 66.2 Å². The maximum Gasteiger partial charge on any atom is 0.293 e. The number of hydrogen-bond acceptors (Lipinski definition) is 8. The van der Waals surface area contributed by atoms with Gasteiger partial charge in [0.25, 0.3) is 11.5 Å². The molecular formula is C33H38N6O3S. The van der Waals surface area contributed by atoms with Crippen molar-refractivity contribution in [1.29, 1.82) is 0 Å². The Hall–Kier alpha value is -4.15. The molecule has 1 amide bonds. The standard InChI is InChI=1S/C33H38N6O3S/c1-20-24(8-6-9-26(20)37-32(40)30-17-21-7-4-5-10-29(21)43-30)27-19-38(2)33(41)31(36-27)35-22-11-12-28(25(34)18-22)39-15-13-23(42-3)14-16-39/h6,8-9,11-12,17-19,23H,4-5,7,10,13-16,34H2,1-3H3,(H,35,36)(H,37,40). The molecule has 2 aliphatic rings. The molecule has 1 aliphatic carbocycles. The Balaban J connectivity index is 1.22. The lowest BCUT2D eigenvalue weighted by Gasteiger charge is -2.33. The lowest BCUT2D eigenvalue weighted by molar-refractivity contribution is 0.0819. The highest BCUT2D eigenvalue weighted by Gasteiger charge is 2.21. The summed E-state index contributed by atoms with van der Waals surface area (Å²) in [6.07, 6.45) is 8.41. The fraction of sp³-hybridized carbons (Fsp3) is 0.364. The lowest BCUT2D eigenvalue weighted by atomic mass is 9.99. The molecule has 2 aromatic heterocycles. The number of nitrogens with two attached hydrogens (primary N) is 1. The van der Waals surface area contributed by atoms with Crippen LogP contribution in [0.5, 0.6) is 0 Å². The largest absolute Gasteiger partial charge is 0.397 e. The Morgan fingerprint density at radius 3 is 2.65 bits per heavy atom. The predicted octanol–water partition coefficient (Wildman–Crippen LogP) is 5.89. The van der Waals surface area contributed by atoms with Crippen LogP contribution in [0.1, 0.15) is 51.4 Å². The van der Waals surface area contributed by atoms with Gasteiger partial charge in [0.15, 0.2) is 5.82 Å². The van der Waals surface area contributed by atoms with Crippen molar-refractivity contribution in [2.75, 3.05) is 41.5 Å². The van der Waals surface area contributed by atoms with Gasteiger partial charge in [0, 0.05) is 55.3 Å². The van der Waals surface area contributed by atoms with Gasteiger partial charge in [-0.25, -0.2) is 4.98 Å². The molecule has 0 saturated carbocycles. The molecule has 10 heteroatoms. The van der Waals surface area contributed by atoms with E-state index in [1.54, 1.807) is 31.7 Å². The van der Waals surface area contributed by atoms with Gasteiger partial charge < -0.3 is 30.6 Å². The molecule has 43 heavy (non-hydrogen) atoms. The number of methoxy groups -OCH3 is 1. The quantitative estimate of drug-likeness (QED) is 0.227. The molecule has 3 heterocycles. The first-order valence-corrected chi connectivity index (χ1v) is 15.7. The molecule has 4 aromatic rings. The van der Waals surface area contributed by atoms with E-state index in [2.05, 4.69) is 15.5 Å². The molecule has 0 unspecified atom stereocenters. The van der Waals surface area contributed by atoms with Crippen molar-refractivity contribution in [3.8, 4) is 11.3 Å². The van der Waals surface area contributed by atoms with Crippen molar-refractivity contribution in [2.45, 2.75) is 51.6 Å². The number of anilines is 5. The van der Waals surface area contributed by atoms with Crippen LogP contribution in [0.3, 0.4) is 0 Å². The van der Waals surface area contributed by atoms with Gasteiger partial charge in [-0.3, -0.25) is 9.59 Å². The fourth-order valence-corrected chi connectivity index (χ4v) is 7.19. The summed E-state index contributed by atoms with van der Waals surface area (Å²) < 4.78 is 7.01. The first-order valence-electron chi connectivity index (χ1n) is 14.9. The van der Waals surface area contributed by atoms with Crippen LogP contribution in [0.2, 0.25) is 0 Å². The minimum atomic E-state index is -0.253. The second-order valence-electron chi connectivity index (χ2n) is 11.4. The predicted molar refractivity (Wildman–Crippen MR) is 175 cm³/mol. The number of benzene rings is 2. The van der Waals surface area contributed by atoms with Crippen LogP contribution < -0.4 is 26.8 Å². The van der Waals surface area contributed by atoms with Crippen molar-refractivity contribution in [2.24, 2.45) is 7.05 Å². The van der Waals surface area contributed by atoms with Gasteiger partial charge in [-0.2, -0.15) is 0 Å². The second-order valence-corrected chi connectivity index (χ2v) is 12.5. The number of fused-ring (bicyclic) bond motifs is 1. The van der Waals surface area contributed by atoms with E-state index in [-0.39, 0.29) is 17.3 Å². The van der Waals surface area contributed by atoms with Gasteiger partial charge in [0.1, 0.15) is 0 Å². The fourth-order valence-electron chi connectivity index (χ4n) is 6.04. The van der Waals surface area contributed by atoms with Crippen LogP contribution in [-0.4, -0.2) is 41.8 Å². The van der Waals surface area contributed by atoms with E-state index in [9.17, 15) is 9.59 Å². The summed E-state index contributed by atoms with van der Waals surface area (Å²) in [7, 11) is 3.47. The van der Waals surface area contributed by atoms with Crippen LogP contribution in [0, 0.1) is 6.92 Å². The molecule has 0 atom stereocenters. The molecule has 0 bridgehead atoms. The summed E-state index contributed by atoms with van der Waals surface area (Å²) in [6.45, 7) is 3.72. The summed E-state index contributed by atoms with van der Waals surface area (Å²) in [4.78, 5) is 35.3. The van der Waals surface area contributed by atoms with Crippen LogP contribution in [0.15, 0.2) is 53.5 Å². The third-order valence-electron chi connectivity index (χ3n) is 8.56. The Bertz CT molecular complexity index is 1700. The van der Waals surface area contributed by atoms with Gasteiger partial charge in [0.05, 0.1) is 28.0 Å². The molecule has 1 saturated heterocycles. The highest BCUT2D eigenvalue weighted by atomic mass is 32.1. The summed E-state index contributed by atoms with van der Waals surface area (Å²) in [5.74, 6) is 0.102. The summed E-state index contributed by atoms with van der Waals surface area (Å²) in [6, 6.07) is 13.5. The first kappa shape index (κ1) is 28.9. The van der Waals surface area contributed by atoms with Crippen molar-refractivity contribution in [3.63, 3.8) is 0 Å². The minimum Gasteiger partial charge on any atom is -0.397 e. The van der Waals surface area contributed by atoms with E-state index >= 15 is 0 Å². The van der Waals surface area contributed by atoms with Crippen molar-refractivity contribution >= 4 is 45.8 Å². The molecule has 6 rings (SSSR count). The molecule has 2 aromatic carbocycles. The molecule has 224 valence electrons. The molecule has 9 nitrogen and oxygen atoms in total. The average molecular weight is 599 g/mol. The molecule has 1 aliphatic heterocycles.